The number of aromatic hydroxyl groups is 1. The van der Waals surface area contributed by atoms with Crippen LogP contribution in [0.25, 0.3) is 0 Å². The van der Waals surface area contributed by atoms with Gasteiger partial charge in [0.2, 0.25) is 0 Å². The topological polar surface area (TPSA) is 65.9 Å². The lowest BCUT2D eigenvalue weighted by molar-refractivity contribution is 0.318. The molecule has 0 radical (unpaired) electrons. The predicted molar refractivity (Wildman–Crippen MR) is 101 cm³/mol. The number of rotatable bonds is 6. The van der Waals surface area contributed by atoms with Crippen molar-refractivity contribution in [2.75, 3.05) is 6.61 Å². The number of benzene rings is 2. The van der Waals surface area contributed by atoms with Crippen LogP contribution in [0, 0.1) is 0 Å². The molecule has 0 heterocycles. The van der Waals surface area contributed by atoms with Crippen molar-refractivity contribution in [3.63, 3.8) is 0 Å². The van der Waals surface area contributed by atoms with E-state index >= 15 is 0 Å². The first-order chi connectivity index (χ1) is 11.6. The van der Waals surface area contributed by atoms with Gasteiger partial charge in [0.05, 0.1) is 17.8 Å². The molecule has 0 amide bonds. The Morgan fingerprint density at radius 1 is 1.33 bits per heavy atom. The van der Waals surface area contributed by atoms with E-state index in [1.807, 2.05) is 37.3 Å². The Morgan fingerprint density at radius 3 is 2.79 bits per heavy atom. The summed E-state index contributed by atoms with van der Waals surface area (Å²) in [4.78, 5) is 0. The summed E-state index contributed by atoms with van der Waals surface area (Å²) in [6.45, 7) is 2.87. The van der Waals surface area contributed by atoms with Gasteiger partial charge in [-0.2, -0.15) is 5.10 Å². The van der Waals surface area contributed by atoms with Gasteiger partial charge in [0.25, 0.3) is 0 Å². The van der Waals surface area contributed by atoms with Gasteiger partial charge in [-0.15, -0.1) is 0 Å². The lowest BCUT2D eigenvalue weighted by Gasteiger charge is -2.09. The molecule has 7 heteroatoms. The number of hydrogen-bond donors (Lipinski definition) is 3. The largest absolute Gasteiger partial charge is 0.503 e. The fraction of sp³-hybridized carbons (Fsp3) is 0.176. The maximum atomic E-state index is 9.80. The zero-order valence-electron chi connectivity index (χ0n) is 13.1. The van der Waals surface area contributed by atoms with Crippen molar-refractivity contribution in [1.29, 1.82) is 0 Å². The van der Waals surface area contributed by atoms with E-state index in [1.54, 1.807) is 18.3 Å². The first kappa shape index (κ1) is 18.0. The number of thiocarbonyl (C=S) groups is 1. The van der Waals surface area contributed by atoms with E-state index in [4.69, 9.17) is 28.6 Å². The summed E-state index contributed by atoms with van der Waals surface area (Å²) in [6.07, 6.45) is 1.55. The maximum Gasteiger partial charge on any atom is 0.187 e. The van der Waals surface area contributed by atoms with Gasteiger partial charge in [0.15, 0.2) is 16.6 Å². The highest BCUT2D eigenvalue weighted by atomic mass is 35.5. The fourth-order valence-electron chi connectivity index (χ4n) is 1.92. The minimum atomic E-state index is -0.0799. The second kappa shape index (κ2) is 9.10. The first-order valence-corrected chi connectivity index (χ1v) is 8.15. The normalized spacial score (nSPS) is 10.6. The maximum absolute atomic E-state index is 9.80. The number of phenolic OH excluding ortho intramolecular Hbond substituents is 1. The van der Waals surface area contributed by atoms with Crippen LogP contribution in [0.4, 0.5) is 0 Å². The third kappa shape index (κ3) is 5.40. The molecule has 0 spiro atoms. The van der Waals surface area contributed by atoms with E-state index in [9.17, 15) is 5.11 Å². The Balaban J connectivity index is 1.90. The van der Waals surface area contributed by atoms with E-state index < -0.39 is 0 Å². The van der Waals surface area contributed by atoms with E-state index in [0.29, 0.717) is 29.6 Å². The second-order valence-electron chi connectivity index (χ2n) is 4.82. The van der Waals surface area contributed by atoms with Crippen LogP contribution in [-0.2, 0) is 6.54 Å². The highest BCUT2D eigenvalue weighted by Crippen LogP contribution is 2.34. The van der Waals surface area contributed by atoms with Crippen molar-refractivity contribution in [1.82, 2.24) is 10.7 Å². The van der Waals surface area contributed by atoms with Crippen LogP contribution in [-0.4, -0.2) is 23.0 Å². The molecule has 0 bridgehead atoms. The van der Waals surface area contributed by atoms with E-state index in [1.165, 1.54) is 0 Å². The Morgan fingerprint density at radius 2 is 2.08 bits per heavy atom. The molecule has 5 nitrogen and oxygen atoms in total. The first-order valence-electron chi connectivity index (χ1n) is 7.36. The van der Waals surface area contributed by atoms with Crippen molar-refractivity contribution in [3.8, 4) is 11.5 Å². The van der Waals surface area contributed by atoms with Crippen LogP contribution in [0.1, 0.15) is 18.1 Å². The van der Waals surface area contributed by atoms with Crippen molar-refractivity contribution in [2.24, 2.45) is 5.10 Å². The third-order valence-electron chi connectivity index (χ3n) is 3.03. The number of ether oxygens (including phenoxy) is 1. The summed E-state index contributed by atoms with van der Waals surface area (Å²) >= 11 is 11.1. The Kier molecular flexibility index (Phi) is 6.84. The summed E-state index contributed by atoms with van der Waals surface area (Å²) in [5, 5.41) is 17.5. The van der Waals surface area contributed by atoms with Crippen molar-refractivity contribution < 1.29 is 9.84 Å². The number of phenols is 1. The molecular formula is C17H18ClN3O2S. The molecule has 0 aliphatic carbocycles. The molecule has 2 aromatic carbocycles. The average Bonchev–Trinajstić information content (AvgIpc) is 2.58. The third-order valence-corrected chi connectivity index (χ3v) is 3.55. The SMILES string of the molecule is CCOc1cc(/C=N\NC(=S)NCc2ccccc2)cc(Cl)c1O. The standard InChI is InChI=1S/C17H18ClN3O2S/c1-2-23-15-9-13(8-14(18)16(15)22)11-20-21-17(24)19-10-12-6-4-3-5-7-12/h3-9,11,22H,2,10H2,1H3,(H2,19,21,24)/b20-11-. The van der Waals surface area contributed by atoms with Crippen LogP contribution in [0.2, 0.25) is 5.02 Å². The number of hydrogen-bond acceptors (Lipinski definition) is 4. The van der Waals surface area contributed by atoms with Gasteiger partial charge in [-0.1, -0.05) is 41.9 Å². The zero-order valence-corrected chi connectivity index (χ0v) is 14.7. The number of hydrazone groups is 1. The van der Waals surface area contributed by atoms with Crippen LogP contribution in [0.5, 0.6) is 11.5 Å². The molecule has 24 heavy (non-hydrogen) atoms. The minimum absolute atomic E-state index is 0.0799. The Bertz CT molecular complexity index is 723. The molecular weight excluding hydrogens is 346 g/mol. The summed E-state index contributed by atoms with van der Waals surface area (Å²) < 4.78 is 5.32. The van der Waals surface area contributed by atoms with Gasteiger partial charge in [-0.25, -0.2) is 0 Å². The van der Waals surface area contributed by atoms with Crippen LogP contribution >= 0.6 is 23.8 Å². The van der Waals surface area contributed by atoms with Crippen LogP contribution in [0.3, 0.4) is 0 Å². The molecule has 0 atom stereocenters. The minimum Gasteiger partial charge on any atom is -0.503 e. The smallest absolute Gasteiger partial charge is 0.187 e. The second-order valence-corrected chi connectivity index (χ2v) is 5.64. The van der Waals surface area contributed by atoms with Crippen molar-refractivity contribution in [3.05, 3.63) is 58.6 Å². The highest BCUT2D eigenvalue weighted by Gasteiger charge is 2.08. The van der Waals surface area contributed by atoms with Gasteiger partial charge in [0.1, 0.15) is 0 Å². The van der Waals surface area contributed by atoms with Gasteiger partial charge in [0, 0.05) is 6.54 Å². The summed E-state index contributed by atoms with van der Waals surface area (Å²) in [5.41, 5.74) is 4.53. The molecule has 0 saturated carbocycles. The molecule has 2 aromatic rings. The Hall–Kier alpha value is -2.31. The molecule has 0 aliphatic heterocycles. The molecule has 0 unspecified atom stereocenters. The quantitative estimate of drug-likeness (QED) is 0.417. The molecule has 0 aromatic heterocycles. The van der Waals surface area contributed by atoms with Crippen molar-refractivity contribution >= 4 is 35.1 Å². The molecule has 2 rings (SSSR count). The number of halogens is 1. The Labute approximate surface area is 151 Å². The summed E-state index contributed by atoms with van der Waals surface area (Å²) in [7, 11) is 0. The molecule has 0 fully saturated rings. The molecule has 0 saturated heterocycles. The van der Waals surface area contributed by atoms with E-state index in [0.717, 1.165) is 5.56 Å². The highest BCUT2D eigenvalue weighted by molar-refractivity contribution is 7.80. The summed E-state index contributed by atoms with van der Waals surface area (Å²) in [6, 6.07) is 13.1. The average molecular weight is 364 g/mol. The lowest BCUT2D eigenvalue weighted by Crippen LogP contribution is -2.31. The number of nitrogens with zero attached hydrogens (tertiary/aromatic N) is 1. The molecule has 0 aliphatic rings. The number of nitrogens with one attached hydrogen (secondary N) is 2. The summed E-state index contributed by atoms with van der Waals surface area (Å²) in [5.74, 6) is 0.236. The van der Waals surface area contributed by atoms with Crippen LogP contribution < -0.4 is 15.5 Å². The zero-order chi connectivity index (χ0) is 17.4. The van der Waals surface area contributed by atoms with E-state index in [2.05, 4.69) is 15.8 Å². The molecule has 126 valence electrons. The van der Waals surface area contributed by atoms with Gasteiger partial charge < -0.3 is 15.2 Å². The monoisotopic (exact) mass is 363 g/mol. The van der Waals surface area contributed by atoms with Gasteiger partial charge in [-0.05, 0) is 42.4 Å². The van der Waals surface area contributed by atoms with Gasteiger partial charge in [-0.3, -0.25) is 5.43 Å². The van der Waals surface area contributed by atoms with Crippen molar-refractivity contribution in [2.45, 2.75) is 13.5 Å². The van der Waals surface area contributed by atoms with Gasteiger partial charge >= 0.3 is 0 Å². The predicted octanol–water partition coefficient (Wildman–Crippen LogP) is 3.44. The fourth-order valence-corrected chi connectivity index (χ4v) is 2.26. The van der Waals surface area contributed by atoms with E-state index in [-0.39, 0.29) is 10.8 Å². The lowest BCUT2D eigenvalue weighted by atomic mass is 10.2. The van der Waals surface area contributed by atoms with Crippen LogP contribution in [0.15, 0.2) is 47.6 Å². The molecule has 3 N–H and O–H groups in total.